The smallest absolute Gasteiger partial charge is 0.0791 e. The Labute approximate surface area is 99.2 Å². The van der Waals surface area contributed by atoms with Gasteiger partial charge in [-0.15, -0.1) is 0 Å². The second-order valence-corrected chi connectivity index (χ2v) is 5.49. The minimum absolute atomic E-state index is 0.194. The zero-order valence-corrected chi connectivity index (χ0v) is 10.5. The van der Waals surface area contributed by atoms with Gasteiger partial charge < -0.3 is 15.3 Å². The van der Waals surface area contributed by atoms with E-state index in [0.717, 1.165) is 25.6 Å². The van der Waals surface area contributed by atoms with Crippen LogP contribution in [-0.4, -0.2) is 48.3 Å². The Bertz CT molecular complexity index is 202. The Morgan fingerprint density at radius 2 is 2.06 bits per heavy atom. The van der Waals surface area contributed by atoms with E-state index in [-0.39, 0.29) is 6.10 Å². The number of aliphatic hydroxyl groups excluding tert-OH is 1. The molecule has 1 unspecified atom stereocenters. The number of aliphatic hydroxyl groups is 1. The van der Waals surface area contributed by atoms with E-state index in [0.29, 0.717) is 6.04 Å². The Kier molecular flexibility index (Phi) is 4.62. The van der Waals surface area contributed by atoms with Crippen LogP contribution >= 0.6 is 0 Å². The van der Waals surface area contributed by atoms with Gasteiger partial charge in [0.25, 0.3) is 0 Å². The highest BCUT2D eigenvalue weighted by atomic mass is 16.3. The molecule has 1 atom stereocenters. The fourth-order valence-corrected chi connectivity index (χ4v) is 2.33. The fraction of sp³-hybridized carbons (Fsp3) is 1.00. The summed E-state index contributed by atoms with van der Waals surface area (Å²) in [5.74, 6) is 0.906. The maximum absolute atomic E-state index is 9.93. The molecule has 0 aliphatic heterocycles. The molecule has 2 rings (SSSR count). The Morgan fingerprint density at radius 1 is 1.31 bits per heavy atom. The van der Waals surface area contributed by atoms with Crippen LogP contribution in [0.25, 0.3) is 0 Å². The molecule has 2 aliphatic rings. The third kappa shape index (κ3) is 4.04. The molecule has 0 spiro atoms. The van der Waals surface area contributed by atoms with Crippen LogP contribution < -0.4 is 5.32 Å². The average Bonchev–Trinajstić information content (AvgIpc) is 3.02. The van der Waals surface area contributed by atoms with Crippen molar-refractivity contribution < 1.29 is 5.11 Å². The lowest BCUT2D eigenvalue weighted by Crippen LogP contribution is -2.41. The van der Waals surface area contributed by atoms with E-state index < -0.39 is 0 Å². The van der Waals surface area contributed by atoms with Crippen LogP contribution in [0.2, 0.25) is 0 Å². The van der Waals surface area contributed by atoms with Gasteiger partial charge in [0.2, 0.25) is 0 Å². The Morgan fingerprint density at radius 3 is 2.56 bits per heavy atom. The van der Waals surface area contributed by atoms with E-state index in [2.05, 4.69) is 17.1 Å². The maximum Gasteiger partial charge on any atom is 0.0791 e. The molecule has 2 aliphatic carbocycles. The zero-order valence-electron chi connectivity index (χ0n) is 10.5. The molecular formula is C13H26N2O. The van der Waals surface area contributed by atoms with Crippen LogP contribution in [0.15, 0.2) is 0 Å². The number of nitrogens with one attached hydrogen (secondary N) is 1. The van der Waals surface area contributed by atoms with E-state index in [1.807, 2.05) is 0 Å². The predicted molar refractivity (Wildman–Crippen MR) is 66.5 cm³/mol. The van der Waals surface area contributed by atoms with E-state index in [9.17, 15) is 5.11 Å². The normalized spacial score (nSPS) is 23.4. The van der Waals surface area contributed by atoms with E-state index in [1.165, 1.54) is 38.6 Å². The summed E-state index contributed by atoms with van der Waals surface area (Å²) in [6, 6.07) is 0.705. The molecule has 0 saturated heterocycles. The molecule has 2 saturated carbocycles. The van der Waals surface area contributed by atoms with Crippen molar-refractivity contribution in [2.75, 3.05) is 26.2 Å². The standard InChI is InChI=1S/C13H26N2O/c1-2-15(9-11-4-3-5-11)10-13(16)8-14-12-6-7-12/h11-14,16H,2-10H2,1H3. The third-order valence-corrected chi connectivity index (χ3v) is 3.88. The summed E-state index contributed by atoms with van der Waals surface area (Å²) in [6.07, 6.45) is 6.60. The van der Waals surface area contributed by atoms with Crippen molar-refractivity contribution in [2.24, 2.45) is 5.92 Å². The fourth-order valence-electron chi connectivity index (χ4n) is 2.33. The maximum atomic E-state index is 9.93. The minimum Gasteiger partial charge on any atom is -0.390 e. The van der Waals surface area contributed by atoms with Crippen molar-refractivity contribution in [1.29, 1.82) is 0 Å². The highest BCUT2D eigenvalue weighted by Gasteiger charge is 2.23. The van der Waals surface area contributed by atoms with Crippen molar-refractivity contribution in [2.45, 2.75) is 51.2 Å². The summed E-state index contributed by atoms with van der Waals surface area (Å²) < 4.78 is 0. The lowest BCUT2D eigenvalue weighted by Gasteiger charge is -2.32. The number of likely N-dealkylation sites (N-methyl/N-ethyl adjacent to an activating group) is 1. The van der Waals surface area contributed by atoms with E-state index in [1.54, 1.807) is 0 Å². The molecule has 3 nitrogen and oxygen atoms in total. The van der Waals surface area contributed by atoms with Crippen LogP contribution in [0.3, 0.4) is 0 Å². The van der Waals surface area contributed by atoms with Crippen molar-refractivity contribution in [3.8, 4) is 0 Å². The summed E-state index contributed by atoms with van der Waals surface area (Å²) in [7, 11) is 0. The molecule has 2 N–H and O–H groups in total. The average molecular weight is 226 g/mol. The molecule has 16 heavy (non-hydrogen) atoms. The molecule has 0 aromatic carbocycles. The van der Waals surface area contributed by atoms with Gasteiger partial charge in [0, 0.05) is 25.7 Å². The van der Waals surface area contributed by atoms with Crippen LogP contribution in [0.5, 0.6) is 0 Å². The molecule has 0 radical (unpaired) electrons. The zero-order chi connectivity index (χ0) is 11.4. The van der Waals surface area contributed by atoms with E-state index >= 15 is 0 Å². The quantitative estimate of drug-likeness (QED) is 0.653. The highest BCUT2D eigenvalue weighted by molar-refractivity contribution is 4.82. The van der Waals surface area contributed by atoms with Crippen molar-refractivity contribution in [1.82, 2.24) is 10.2 Å². The van der Waals surface area contributed by atoms with Crippen LogP contribution in [0.1, 0.15) is 39.0 Å². The third-order valence-electron chi connectivity index (χ3n) is 3.88. The summed E-state index contributed by atoms with van der Waals surface area (Å²) >= 11 is 0. The molecule has 2 fully saturated rings. The Hall–Kier alpha value is -0.120. The van der Waals surface area contributed by atoms with Gasteiger partial charge in [-0.3, -0.25) is 0 Å². The number of nitrogens with zero attached hydrogens (tertiary/aromatic N) is 1. The predicted octanol–water partition coefficient (Wildman–Crippen LogP) is 1.22. The van der Waals surface area contributed by atoms with Gasteiger partial charge in [0.1, 0.15) is 0 Å². The number of rotatable bonds is 8. The first-order chi connectivity index (χ1) is 7.78. The summed E-state index contributed by atoms with van der Waals surface area (Å²) in [5.41, 5.74) is 0. The highest BCUT2D eigenvalue weighted by Crippen LogP contribution is 2.27. The van der Waals surface area contributed by atoms with Gasteiger partial charge >= 0.3 is 0 Å². The monoisotopic (exact) mass is 226 g/mol. The molecular weight excluding hydrogens is 200 g/mol. The second kappa shape index (κ2) is 5.99. The van der Waals surface area contributed by atoms with Crippen LogP contribution in [0.4, 0.5) is 0 Å². The molecule has 0 amide bonds. The molecule has 0 heterocycles. The van der Waals surface area contributed by atoms with Crippen LogP contribution in [-0.2, 0) is 0 Å². The molecule has 3 heteroatoms. The van der Waals surface area contributed by atoms with Gasteiger partial charge in [0.05, 0.1) is 6.10 Å². The van der Waals surface area contributed by atoms with Gasteiger partial charge in [-0.25, -0.2) is 0 Å². The van der Waals surface area contributed by atoms with Crippen molar-refractivity contribution in [3.05, 3.63) is 0 Å². The first kappa shape index (κ1) is 12.3. The molecule has 0 aromatic rings. The van der Waals surface area contributed by atoms with Gasteiger partial charge in [0.15, 0.2) is 0 Å². The number of hydrogen-bond acceptors (Lipinski definition) is 3. The molecule has 0 bridgehead atoms. The summed E-state index contributed by atoms with van der Waals surface area (Å²) in [5, 5.41) is 13.3. The van der Waals surface area contributed by atoms with Gasteiger partial charge in [-0.05, 0) is 38.1 Å². The van der Waals surface area contributed by atoms with Crippen LogP contribution in [0, 0.1) is 5.92 Å². The van der Waals surface area contributed by atoms with Gasteiger partial charge in [-0.2, -0.15) is 0 Å². The van der Waals surface area contributed by atoms with Crippen molar-refractivity contribution in [3.63, 3.8) is 0 Å². The number of hydrogen-bond donors (Lipinski definition) is 2. The Balaban J connectivity index is 1.59. The lowest BCUT2D eigenvalue weighted by atomic mass is 9.85. The largest absolute Gasteiger partial charge is 0.390 e. The van der Waals surface area contributed by atoms with Crippen molar-refractivity contribution >= 4 is 0 Å². The molecule has 94 valence electrons. The SMILES string of the molecule is CCN(CC(O)CNC1CC1)CC1CCC1. The molecule has 0 aromatic heterocycles. The lowest BCUT2D eigenvalue weighted by molar-refractivity contribution is 0.0930. The summed E-state index contributed by atoms with van der Waals surface area (Å²) in [6.45, 7) is 6.06. The second-order valence-electron chi connectivity index (χ2n) is 5.49. The van der Waals surface area contributed by atoms with Gasteiger partial charge in [-0.1, -0.05) is 13.3 Å². The topological polar surface area (TPSA) is 35.5 Å². The first-order valence-electron chi connectivity index (χ1n) is 6.91. The minimum atomic E-state index is -0.194. The van der Waals surface area contributed by atoms with E-state index in [4.69, 9.17) is 0 Å². The summed E-state index contributed by atoms with van der Waals surface area (Å²) in [4.78, 5) is 2.41. The first-order valence-corrected chi connectivity index (χ1v) is 6.91.